The van der Waals surface area contributed by atoms with Crippen LogP contribution < -0.4 is 0 Å². The fraction of sp³-hybridized carbons (Fsp3) is 0.750. The highest BCUT2D eigenvalue weighted by Gasteiger charge is 1.88. The average Bonchev–Trinajstić information content (AvgIpc) is 1.65. The van der Waals surface area contributed by atoms with Crippen LogP contribution in [0.25, 0.3) is 0 Å². The highest BCUT2D eigenvalue weighted by molar-refractivity contribution is 6.69. The fourth-order valence-electron chi connectivity index (χ4n) is 0.244. The summed E-state index contributed by atoms with van der Waals surface area (Å²) >= 11 is 10.7. The Bertz CT molecular complexity index is 90.0. The molecule has 0 bridgehead atoms. The van der Waals surface area contributed by atoms with Crippen LogP contribution in [0.1, 0.15) is 0 Å². The molecule has 0 aliphatic heterocycles. The van der Waals surface area contributed by atoms with E-state index in [4.69, 9.17) is 23.2 Å². The Morgan fingerprint density at radius 3 is 2.25 bits per heavy atom. The monoisotopic (exact) mass is 154 g/mol. The van der Waals surface area contributed by atoms with E-state index < -0.39 is 0 Å². The highest BCUT2D eigenvalue weighted by atomic mass is 35.5. The lowest BCUT2D eigenvalue weighted by Crippen LogP contribution is -2.05. The SMILES string of the molecule is CN(C)N=C(Cl)CCl. The van der Waals surface area contributed by atoms with Crippen LogP contribution in [0.15, 0.2) is 5.10 Å². The van der Waals surface area contributed by atoms with Crippen molar-refractivity contribution in [2.45, 2.75) is 0 Å². The Hall–Kier alpha value is 0.0500. The Morgan fingerprint density at radius 1 is 1.62 bits per heavy atom. The first kappa shape index (κ1) is 8.05. The molecule has 8 heavy (non-hydrogen) atoms. The Labute approximate surface area is 59.1 Å². The van der Waals surface area contributed by atoms with Gasteiger partial charge >= 0.3 is 0 Å². The van der Waals surface area contributed by atoms with Crippen LogP contribution in [0, 0.1) is 0 Å². The molecule has 0 radical (unpaired) electrons. The molecule has 0 rings (SSSR count). The molecule has 0 atom stereocenters. The smallest absolute Gasteiger partial charge is 0.141 e. The lowest BCUT2D eigenvalue weighted by molar-refractivity contribution is 0.439. The molecule has 4 heteroatoms. The molecule has 0 spiro atoms. The number of halogens is 2. The van der Waals surface area contributed by atoms with Crippen LogP contribution in [-0.4, -0.2) is 30.2 Å². The molecule has 0 fully saturated rings. The van der Waals surface area contributed by atoms with Crippen molar-refractivity contribution in [2.24, 2.45) is 5.10 Å². The van der Waals surface area contributed by atoms with Crippen molar-refractivity contribution in [3.05, 3.63) is 0 Å². The molecular formula is C4H8Cl2N2. The van der Waals surface area contributed by atoms with Gasteiger partial charge in [0.1, 0.15) is 5.17 Å². The molecular weight excluding hydrogens is 147 g/mol. The Kier molecular flexibility index (Phi) is 4.01. The van der Waals surface area contributed by atoms with Gasteiger partial charge in [0.2, 0.25) is 0 Å². The number of alkyl halides is 1. The molecule has 0 N–H and O–H groups in total. The standard InChI is InChI=1S/C4H8Cl2N2/c1-8(2)7-4(6)3-5/h3H2,1-2H3. The van der Waals surface area contributed by atoms with Crippen LogP contribution >= 0.6 is 23.2 Å². The molecule has 0 aromatic carbocycles. The number of rotatable bonds is 2. The number of hydrogen-bond donors (Lipinski definition) is 0. The Balaban J connectivity index is 3.56. The van der Waals surface area contributed by atoms with Crippen LogP contribution in [-0.2, 0) is 0 Å². The summed E-state index contributed by atoms with van der Waals surface area (Å²) in [5.74, 6) is 0.278. The van der Waals surface area contributed by atoms with E-state index in [1.807, 2.05) is 0 Å². The van der Waals surface area contributed by atoms with Gasteiger partial charge in [-0.2, -0.15) is 5.10 Å². The maximum absolute atomic E-state index is 5.44. The van der Waals surface area contributed by atoms with Crippen LogP contribution in [0.5, 0.6) is 0 Å². The summed E-state index contributed by atoms with van der Waals surface area (Å²) in [6, 6.07) is 0. The van der Waals surface area contributed by atoms with E-state index >= 15 is 0 Å². The second-order valence-electron chi connectivity index (χ2n) is 1.46. The van der Waals surface area contributed by atoms with Crippen molar-refractivity contribution < 1.29 is 0 Å². The van der Waals surface area contributed by atoms with E-state index in [1.165, 1.54) is 0 Å². The summed E-state index contributed by atoms with van der Waals surface area (Å²) in [6.07, 6.45) is 0. The molecule has 0 unspecified atom stereocenters. The van der Waals surface area contributed by atoms with Gasteiger partial charge in [0, 0.05) is 14.1 Å². The predicted molar refractivity (Wildman–Crippen MR) is 37.7 cm³/mol. The summed E-state index contributed by atoms with van der Waals surface area (Å²) in [4.78, 5) is 0. The number of hydrogen-bond acceptors (Lipinski definition) is 2. The van der Waals surface area contributed by atoms with E-state index in [9.17, 15) is 0 Å². The van der Waals surface area contributed by atoms with Gasteiger partial charge in [0.15, 0.2) is 0 Å². The van der Waals surface area contributed by atoms with Crippen molar-refractivity contribution in [3.8, 4) is 0 Å². The van der Waals surface area contributed by atoms with Gasteiger partial charge in [-0.1, -0.05) is 11.6 Å². The minimum Gasteiger partial charge on any atom is -0.302 e. The molecule has 0 aliphatic carbocycles. The number of hydrazone groups is 1. The molecule has 48 valence electrons. The van der Waals surface area contributed by atoms with Crippen molar-refractivity contribution in [1.29, 1.82) is 0 Å². The zero-order valence-electron chi connectivity index (χ0n) is 4.86. The van der Waals surface area contributed by atoms with Crippen molar-refractivity contribution in [2.75, 3.05) is 20.0 Å². The molecule has 0 saturated carbocycles. The lowest BCUT2D eigenvalue weighted by Gasteiger charge is -2.02. The first-order valence-corrected chi connectivity index (χ1v) is 3.04. The van der Waals surface area contributed by atoms with Gasteiger partial charge in [0.05, 0.1) is 5.88 Å². The molecule has 0 saturated heterocycles. The zero-order chi connectivity index (χ0) is 6.57. The average molecular weight is 155 g/mol. The van der Waals surface area contributed by atoms with Gasteiger partial charge in [-0.15, -0.1) is 11.6 Å². The third kappa shape index (κ3) is 4.22. The first-order valence-electron chi connectivity index (χ1n) is 2.13. The van der Waals surface area contributed by atoms with E-state index in [0.29, 0.717) is 5.17 Å². The minimum absolute atomic E-state index is 0.278. The quantitative estimate of drug-likeness (QED) is 0.333. The third-order valence-corrected chi connectivity index (χ3v) is 1.02. The van der Waals surface area contributed by atoms with Crippen LogP contribution in [0.2, 0.25) is 0 Å². The van der Waals surface area contributed by atoms with Gasteiger partial charge < -0.3 is 5.01 Å². The molecule has 0 heterocycles. The topological polar surface area (TPSA) is 15.6 Å². The molecule has 0 aliphatic rings. The minimum atomic E-state index is 0.278. The lowest BCUT2D eigenvalue weighted by atomic mass is 10.9. The first-order chi connectivity index (χ1) is 3.66. The summed E-state index contributed by atoms with van der Waals surface area (Å²) in [7, 11) is 3.57. The van der Waals surface area contributed by atoms with Crippen molar-refractivity contribution >= 4 is 28.4 Å². The third-order valence-electron chi connectivity index (χ3n) is 0.419. The largest absolute Gasteiger partial charge is 0.302 e. The van der Waals surface area contributed by atoms with Crippen molar-refractivity contribution in [3.63, 3.8) is 0 Å². The predicted octanol–water partition coefficient (Wildman–Crippen LogP) is 1.34. The van der Waals surface area contributed by atoms with Gasteiger partial charge in [-0.25, -0.2) is 0 Å². The summed E-state index contributed by atoms with van der Waals surface area (Å²) in [6.45, 7) is 0. The summed E-state index contributed by atoms with van der Waals surface area (Å²) < 4.78 is 0. The van der Waals surface area contributed by atoms with Crippen LogP contribution in [0.3, 0.4) is 0 Å². The summed E-state index contributed by atoms with van der Waals surface area (Å²) in [5, 5.41) is 5.79. The van der Waals surface area contributed by atoms with Crippen LogP contribution in [0.4, 0.5) is 0 Å². The molecule has 2 nitrogen and oxygen atoms in total. The zero-order valence-corrected chi connectivity index (χ0v) is 6.37. The molecule has 0 aromatic heterocycles. The normalized spacial score (nSPS) is 11.8. The van der Waals surface area contributed by atoms with E-state index in [2.05, 4.69) is 5.10 Å². The van der Waals surface area contributed by atoms with Gasteiger partial charge in [-0.05, 0) is 0 Å². The van der Waals surface area contributed by atoms with Gasteiger partial charge in [-0.3, -0.25) is 0 Å². The maximum Gasteiger partial charge on any atom is 0.141 e. The van der Waals surface area contributed by atoms with Crippen molar-refractivity contribution in [1.82, 2.24) is 5.01 Å². The highest BCUT2D eigenvalue weighted by Crippen LogP contribution is 1.90. The van der Waals surface area contributed by atoms with E-state index in [0.717, 1.165) is 0 Å². The van der Waals surface area contributed by atoms with Gasteiger partial charge in [0.25, 0.3) is 0 Å². The van der Waals surface area contributed by atoms with E-state index in [-0.39, 0.29) is 5.88 Å². The fourth-order valence-corrected chi connectivity index (χ4v) is 0.448. The maximum atomic E-state index is 5.44. The molecule has 0 aromatic rings. The Morgan fingerprint density at radius 2 is 2.12 bits per heavy atom. The number of nitrogens with zero attached hydrogens (tertiary/aromatic N) is 2. The molecule has 0 amide bonds. The second-order valence-corrected chi connectivity index (χ2v) is 2.16. The second kappa shape index (κ2) is 3.98. The van der Waals surface area contributed by atoms with E-state index in [1.54, 1.807) is 19.1 Å². The summed E-state index contributed by atoms with van der Waals surface area (Å²) in [5.41, 5.74) is 0.